The van der Waals surface area contributed by atoms with Gasteiger partial charge in [-0.3, -0.25) is 0 Å². The number of para-hydroxylation sites is 1. The van der Waals surface area contributed by atoms with Crippen molar-refractivity contribution in [1.82, 2.24) is 9.88 Å². The van der Waals surface area contributed by atoms with Gasteiger partial charge in [-0.25, -0.2) is 0 Å². The molecule has 4 nitrogen and oxygen atoms in total. The number of nitrogens with one attached hydrogen (secondary N) is 1. The van der Waals surface area contributed by atoms with Crippen molar-refractivity contribution in [2.45, 2.75) is 19.0 Å². The molecule has 1 aromatic carbocycles. The second kappa shape index (κ2) is 6.39. The van der Waals surface area contributed by atoms with E-state index in [1.807, 2.05) is 0 Å². The van der Waals surface area contributed by atoms with Crippen LogP contribution in [0.2, 0.25) is 0 Å². The Bertz CT molecular complexity index is 559. The quantitative estimate of drug-likeness (QED) is 0.821. The first-order chi connectivity index (χ1) is 9.90. The number of rotatable bonds is 6. The molecule has 2 heterocycles. The summed E-state index contributed by atoms with van der Waals surface area (Å²) in [5.74, 6) is 0. The molecule has 108 valence electrons. The van der Waals surface area contributed by atoms with Gasteiger partial charge in [0.1, 0.15) is 0 Å². The average Bonchev–Trinajstić information content (AvgIpc) is 3.12. The predicted octanol–water partition coefficient (Wildman–Crippen LogP) is 2.34. The van der Waals surface area contributed by atoms with Crippen molar-refractivity contribution in [3.8, 4) is 0 Å². The second-order valence-corrected chi connectivity index (χ2v) is 5.26. The minimum Gasteiger partial charge on any atom is -0.383 e. The van der Waals surface area contributed by atoms with Crippen molar-refractivity contribution in [1.29, 1.82) is 0 Å². The van der Waals surface area contributed by atoms with Gasteiger partial charge in [0.15, 0.2) is 0 Å². The Hall–Kier alpha value is -1.36. The lowest BCUT2D eigenvalue weighted by Crippen LogP contribution is -2.19. The molecule has 1 saturated heterocycles. The first kappa shape index (κ1) is 13.6. The van der Waals surface area contributed by atoms with Crippen LogP contribution in [0.4, 0.5) is 0 Å². The Morgan fingerprint density at radius 1 is 1.40 bits per heavy atom. The fourth-order valence-corrected chi connectivity index (χ4v) is 2.88. The summed E-state index contributed by atoms with van der Waals surface area (Å²) in [6, 6.07) is 9.19. The van der Waals surface area contributed by atoms with Crippen molar-refractivity contribution >= 4 is 10.9 Å². The zero-order valence-corrected chi connectivity index (χ0v) is 12.0. The van der Waals surface area contributed by atoms with Gasteiger partial charge in [-0.05, 0) is 23.4 Å². The molecule has 0 saturated carbocycles. The Balaban J connectivity index is 1.84. The number of nitrogens with zero attached hydrogens (tertiary/aromatic N) is 1. The Labute approximate surface area is 119 Å². The highest BCUT2D eigenvalue weighted by Gasteiger charge is 2.19. The number of methoxy groups -OCH3 is 1. The molecule has 1 aliphatic heterocycles. The van der Waals surface area contributed by atoms with Crippen LogP contribution in [-0.2, 0) is 16.0 Å². The summed E-state index contributed by atoms with van der Waals surface area (Å²) in [6.07, 6.45) is 3.30. The molecule has 4 heteroatoms. The summed E-state index contributed by atoms with van der Waals surface area (Å²) in [5.41, 5.74) is 2.68. The Morgan fingerprint density at radius 2 is 2.35 bits per heavy atom. The van der Waals surface area contributed by atoms with E-state index in [9.17, 15) is 0 Å². The lowest BCUT2D eigenvalue weighted by atomic mass is 10.1. The molecule has 0 bridgehead atoms. The van der Waals surface area contributed by atoms with Gasteiger partial charge < -0.3 is 19.4 Å². The van der Waals surface area contributed by atoms with Crippen LogP contribution in [0.5, 0.6) is 0 Å². The van der Waals surface area contributed by atoms with Crippen molar-refractivity contribution in [2.75, 3.05) is 33.5 Å². The van der Waals surface area contributed by atoms with Crippen molar-refractivity contribution in [3.05, 3.63) is 36.0 Å². The third-order valence-electron chi connectivity index (χ3n) is 3.92. The third-order valence-corrected chi connectivity index (χ3v) is 3.92. The molecule has 1 aliphatic rings. The average molecular weight is 274 g/mol. The standard InChI is InChI=1S/C16H22N2O2/c1-19-10-7-17-11-14-4-2-3-13-5-8-18(16(13)14)15-6-9-20-12-15/h2-5,8,15,17H,6-7,9-12H2,1H3. The molecular weight excluding hydrogens is 252 g/mol. The van der Waals surface area contributed by atoms with Crippen molar-refractivity contribution in [2.24, 2.45) is 0 Å². The van der Waals surface area contributed by atoms with Gasteiger partial charge in [-0.15, -0.1) is 0 Å². The fourth-order valence-electron chi connectivity index (χ4n) is 2.88. The molecule has 3 rings (SSSR count). The zero-order chi connectivity index (χ0) is 13.8. The third kappa shape index (κ3) is 2.73. The number of hydrogen-bond donors (Lipinski definition) is 1. The van der Waals surface area contributed by atoms with Crippen molar-refractivity contribution < 1.29 is 9.47 Å². The van der Waals surface area contributed by atoms with Gasteiger partial charge in [0, 0.05) is 33.0 Å². The monoisotopic (exact) mass is 274 g/mol. The maximum absolute atomic E-state index is 5.53. The van der Waals surface area contributed by atoms with Gasteiger partial charge in [0.05, 0.1) is 24.8 Å². The van der Waals surface area contributed by atoms with E-state index in [1.165, 1.54) is 16.5 Å². The maximum atomic E-state index is 5.53. The SMILES string of the molecule is COCCNCc1cccc2ccn(C3CCOC3)c12. The molecular formula is C16H22N2O2. The van der Waals surface area contributed by atoms with Crippen LogP contribution in [0.3, 0.4) is 0 Å². The van der Waals surface area contributed by atoms with Crippen LogP contribution in [0.25, 0.3) is 10.9 Å². The van der Waals surface area contributed by atoms with E-state index < -0.39 is 0 Å². The molecule has 1 N–H and O–H groups in total. The van der Waals surface area contributed by atoms with Crippen LogP contribution < -0.4 is 5.32 Å². The topological polar surface area (TPSA) is 35.4 Å². The van der Waals surface area contributed by atoms with Gasteiger partial charge >= 0.3 is 0 Å². The first-order valence-electron chi connectivity index (χ1n) is 7.26. The summed E-state index contributed by atoms with van der Waals surface area (Å²) in [7, 11) is 1.73. The smallest absolute Gasteiger partial charge is 0.0674 e. The number of fused-ring (bicyclic) bond motifs is 1. The van der Waals surface area contributed by atoms with Crippen LogP contribution in [-0.4, -0.2) is 38.0 Å². The first-order valence-corrected chi connectivity index (χ1v) is 7.26. The molecule has 1 fully saturated rings. The summed E-state index contributed by atoms with van der Waals surface area (Å²) in [6.45, 7) is 4.19. The molecule has 20 heavy (non-hydrogen) atoms. The van der Waals surface area contributed by atoms with E-state index in [2.05, 4.69) is 40.3 Å². The van der Waals surface area contributed by atoms with E-state index in [-0.39, 0.29) is 0 Å². The van der Waals surface area contributed by atoms with E-state index in [1.54, 1.807) is 7.11 Å². The normalized spacial score (nSPS) is 18.9. The highest BCUT2D eigenvalue weighted by atomic mass is 16.5. The fraction of sp³-hybridized carbons (Fsp3) is 0.500. The second-order valence-electron chi connectivity index (χ2n) is 5.26. The maximum Gasteiger partial charge on any atom is 0.0674 e. The highest BCUT2D eigenvalue weighted by Crippen LogP contribution is 2.28. The number of benzene rings is 1. The molecule has 1 aromatic heterocycles. The summed E-state index contributed by atoms with van der Waals surface area (Å²) >= 11 is 0. The van der Waals surface area contributed by atoms with Crippen molar-refractivity contribution in [3.63, 3.8) is 0 Å². The van der Waals surface area contributed by atoms with Crippen LogP contribution in [0.1, 0.15) is 18.0 Å². The van der Waals surface area contributed by atoms with Crippen LogP contribution in [0.15, 0.2) is 30.5 Å². The summed E-state index contributed by atoms with van der Waals surface area (Å²) in [5, 5.41) is 4.74. The van der Waals surface area contributed by atoms with Crippen LogP contribution in [0, 0.1) is 0 Å². The van der Waals surface area contributed by atoms with E-state index in [0.29, 0.717) is 6.04 Å². The molecule has 2 aromatic rings. The largest absolute Gasteiger partial charge is 0.383 e. The number of ether oxygens (including phenoxy) is 2. The van der Waals surface area contributed by atoms with E-state index >= 15 is 0 Å². The minimum atomic E-state index is 0.479. The molecule has 0 spiro atoms. The van der Waals surface area contributed by atoms with Gasteiger partial charge in [-0.2, -0.15) is 0 Å². The predicted molar refractivity (Wildman–Crippen MR) is 80.0 cm³/mol. The van der Waals surface area contributed by atoms with E-state index in [4.69, 9.17) is 9.47 Å². The minimum absolute atomic E-state index is 0.479. The van der Waals surface area contributed by atoms with E-state index in [0.717, 1.165) is 39.3 Å². The lowest BCUT2D eigenvalue weighted by Gasteiger charge is -2.15. The number of hydrogen-bond acceptors (Lipinski definition) is 3. The number of aromatic nitrogens is 1. The van der Waals surface area contributed by atoms with Gasteiger partial charge in [0.2, 0.25) is 0 Å². The molecule has 1 atom stereocenters. The van der Waals surface area contributed by atoms with Crippen LogP contribution >= 0.6 is 0 Å². The van der Waals surface area contributed by atoms with Gasteiger partial charge in [0.25, 0.3) is 0 Å². The Kier molecular flexibility index (Phi) is 4.35. The lowest BCUT2D eigenvalue weighted by molar-refractivity contribution is 0.187. The molecule has 0 amide bonds. The van der Waals surface area contributed by atoms with Gasteiger partial charge in [-0.1, -0.05) is 18.2 Å². The molecule has 0 radical (unpaired) electrons. The molecule has 1 unspecified atom stereocenters. The zero-order valence-electron chi connectivity index (χ0n) is 12.0. The summed E-state index contributed by atoms with van der Waals surface area (Å²) < 4.78 is 13.0. The molecule has 0 aliphatic carbocycles. The summed E-state index contributed by atoms with van der Waals surface area (Å²) in [4.78, 5) is 0. The highest BCUT2D eigenvalue weighted by molar-refractivity contribution is 5.83. The Morgan fingerprint density at radius 3 is 3.15 bits per heavy atom.